The van der Waals surface area contributed by atoms with Gasteiger partial charge in [-0.2, -0.15) is 0 Å². The van der Waals surface area contributed by atoms with Gasteiger partial charge in [0, 0.05) is 6.20 Å². The molecule has 0 radical (unpaired) electrons. The standard InChI is InChI=1S/C16H15BClF2N3O2/c1-3-4-25-23-16(24)9-6-11(18)12(19)13(20)14(9)22-15-10(17)5-8(2)7-21-15/h3,5-7H,1,4,17H2,2H3,(H,21,22)(H,23,24). The van der Waals surface area contributed by atoms with Crippen LogP contribution in [0.4, 0.5) is 20.3 Å². The molecule has 0 saturated heterocycles. The van der Waals surface area contributed by atoms with E-state index < -0.39 is 22.6 Å². The zero-order chi connectivity index (χ0) is 18.6. The van der Waals surface area contributed by atoms with E-state index in [1.54, 1.807) is 14.0 Å². The Kier molecular flexibility index (Phi) is 6.11. The molecule has 0 saturated carbocycles. The number of carbonyl (C=O) groups excluding carboxylic acids is 1. The summed E-state index contributed by atoms with van der Waals surface area (Å²) >= 11 is 5.66. The lowest BCUT2D eigenvalue weighted by Gasteiger charge is -2.15. The number of nitrogens with one attached hydrogen (secondary N) is 2. The van der Waals surface area contributed by atoms with Gasteiger partial charge in [-0.1, -0.05) is 23.7 Å². The minimum Gasteiger partial charge on any atom is -0.338 e. The highest BCUT2D eigenvalue weighted by atomic mass is 35.5. The number of benzene rings is 1. The van der Waals surface area contributed by atoms with Gasteiger partial charge in [0.25, 0.3) is 5.91 Å². The first kappa shape index (κ1) is 18.9. The number of carbonyl (C=O) groups is 1. The normalized spacial score (nSPS) is 10.4. The van der Waals surface area contributed by atoms with Gasteiger partial charge in [0.2, 0.25) is 0 Å². The van der Waals surface area contributed by atoms with Crippen molar-refractivity contribution in [2.24, 2.45) is 0 Å². The molecule has 9 heteroatoms. The predicted octanol–water partition coefficient (Wildman–Crippen LogP) is 2.17. The monoisotopic (exact) mass is 365 g/mol. The summed E-state index contributed by atoms with van der Waals surface area (Å²) in [6.07, 6.45) is 2.98. The van der Waals surface area contributed by atoms with Gasteiger partial charge in [0.15, 0.2) is 11.6 Å². The topological polar surface area (TPSA) is 63.2 Å². The van der Waals surface area contributed by atoms with Crippen molar-refractivity contribution in [3.05, 3.63) is 58.8 Å². The van der Waals surface area contributed by atoms with E-state index in [0.717, 1.165) is 11.6 Å². The highest BCUT2D eigenvalue weighted by Gasteiger charge is 2.23. The van der Waals surface area contributed by atoms with E-state index in [0.29, 0.717) is 5.46 Å². The summed E-state index contributed by atoms with van der Waals surface area (Å²) in [5.41, 5.74) is 3.09. The van der Waals surface area contributed by atoms with Crippen LogP contribution in [0.3, 0.4) is 0 Å². The Morgan fingerprint density at radius 1 is 1.44 bits per heavy atom. The van der Waals surface area contributed by atoms with E-state index in [1.165, 1.54) is 6.08 Å². The van der Waals surface area contributed by atoms with Gasteiger partial charge in [-0.3, -0.25) is 9.63 Å². The molecule has 2 aromatic rings. The Bertz CT molecular complexity index is 834. The van der Waals surface area contributed by atoms with Crippen LogP contribution in [0.25, 0.3) is 0 Å². The van der Waals surface area contributed by atoms with Gasteiger partial charge in [-0.15, -0.1) is 6.58 Å². The maximum absolute atomic E-state index is 14.4. The highest BCUT2D eigenvalue weighted by molar-refractivity contribution is 6.35. The van der Waals surface area contributed by atoms with E-state index in [4.69, 9.17) is 16.4 Å². The molecule has 0 aliphatic heterocycles. The van der Waals surface area contributed by atoms with Gasteiger partial charge in [0.1, 0.15) is 13.7 Å². The highest BCUT2D eigenvalue weighted by Crippen LogP contribution is 2.30. The summed E-state index contributed by atoms with van der Waals surface area (Å²) in [5, 5.41) is 2.13. The third kappa shape index (κ3) is 4.34. The summed E-state index contributed by atoms with van der Waals surface area (Å²) in [6.45, 7) is 5.33. The van der Waals surface area contributed by atoms with E-state index in [2.05, 4.69) is 22.4 Å². The molecule has 130 valence electrons. The second-order valence-electron chi connectivity index (χ2n) is 5.24. The van der Waals surface area contributed by atoms with Crippen LogP contribution in [0, 0.1) is 18.6 Å². The number of rotatable bonds is 6. The van der Waals surface area contributed by atoms with Crippen molar-refractivity contribution in [3.63, 3.8) is 0 Å². The van der Waals surface area contributed by atoms with Crippen molar-refractivity contribution >= 4 is 42.3 Å². The minimum atomic E-state index is -1.29. The van der Waals surface area contributed by atoms with Crippen LogP contribution in [0.5, 0.6) is 0 Å². The SMILES string of the molecule is Bc1cc(C)cnc1Nc1c(C(=O)NOCC=C)cc(Cl)c(F)c1F. The summed E-state index contributed by atoms with van der Waals surface area (Å²) < 4.78 is 28.2. The quantitative estimate of drug-likeness (QED) is 0.271. The van der Waals surface area contributed by atoms with Crippen LogP contribution in [0.15, 0.2) is 31.0 Å². The second kappa shape index (κ2) is 8.09. The number of pyridine rings is 1. The fourth-order valence-corrected chi connectivity index (χ4v) is 2.27. The largest absolute Gasteiger partial charge is 0.338 e. The van der Waals surface area contributed by atoms with Crippen LogP contribution in [-0.2, 0) is 4.84 Å². The minimum absolute atomic E-state index is 0.0462. The van der Waals surface area contributed by atoms with Crippen LogP contribution >= 0.6 is 11.6 Å². The number of amides is 1. The van der Waals surface area contributed by atoms with Crippen molar-refractivity contribution in [1.29, 1.82) is 0 Å². The lowest BCUT2D eigenvalue weighted by molar-refractivity contribution is 0.0422. The average molecular weight is 366 g/mol. The maximum atomic E-state index is 14.4. The fourth-order valence-electron chi connectivity index (χ4n) is 2.08. The summed E-state index contributed by atoms with van der Waals surface area (Å²) in [4.78, 5) is 21.2. The van der Waals surface area contributed by atoms with Crippen molar-refractivity contribution in [2.45, 2.75) is 6.92 Å². The molecule has 1 amide bonds. The number of aryl methyl sites for hydroxylation is 1. The second-order valence-corrected chi connectivity index (χ2v) is 5.65. The number of aromatic nitrogens is 1. The van der Waals surface area contributed by atoms with E-state index in [1.807, 2.05) is 13.0 Å². The van der Waals surface area contributed by atoms with Crippen molar-refractivity contribution in [1.82, 2.24) is 10.5 Å². The molecule has 0 atom stereocenters. The Morgan fingerprint density at radius 3 is 2.80 bits per heavy atom. The Hall–Kier alpha value is -2.45. The first-order valence-electron chi connectivity index (χ1n) is 7.26. The molecule has 0 fully saturated rings. The Balaban J connectivity index is 2.45. The molecule has 2 N–H and O–H groups in total. The fraction of sp³-hybridized carbons (Fsp3) is 0.125. The smallest absolute Gasteiger partial charge is 0.277 e. The number of nitrogens with zero attached hydrogens (tertiary/aromatic N) is 1. The molecule has 0 aliphatic carbocycles. The predicted molar refractivity (Wildman–Crippen MR) is 95.4 cm³/mol. The van der Waals surface area contributed by atoms with Crippen molar-refractivity contribution in [2.75, 3.05) is 11.9 Å². The zero-order valence-corrected chi connectivity index (χ0v) is 14.4. The molecule has 1 aromatic carbocycles. The average Bonchev–Trinajstić information content (AvgIpc) is 2.57. The van der Waals surface area contributed by atoms with Crippen molar-refractivity contribution in [3.8, 4) is 0 Å². The summed E-state index contributed by atoms with van der Waals surface area (Å²) in [5.74, 6) is -3.07. The van der Waals surface area contributed by atoms with Gasteiger partial charge in [-0.05, 0) is 24.0 Å². The summed E-state index contributed by atoms with van der Waals surface area (Å²) in [7, 11) is 1.75. The molecule has 0 unspecified atom stereocenters. The van der Waals surface area contributed by atoms with Crippen LogP contribution in [-0.4, -0.2) is 25.3 Å². The molecule has 0 bridgehead atoms. The number of hydrogen-bond donors (Lipinski definition) is 2. The third-order valence-electron chi connectivity index (χ3n) is 3.23. The number of hydroxylamine groups is 1. The van der Waals surface area contributed by atoms with Gasteiger partial charge in [0.05, 0.1) is 22.9 Å². The lowest BCUT2D eigenvalue weighted by atomic mass is 9.95. The first-order valence-corrected chi connectivity index (χ1v) is 7.63. The molecule has 5 nitrogen and oxygen atoms in total. The molecule has 0 spiro atoms. The Morgan fingerprint density at radius 2 is 2.16 bits per heavy atom. The molecule has 1 aromatic heterocycles. The zero-order valence-electron chi connectivity index (χ0n) is 13.6. The number of hydrogen-bond acceptors (Lipinski definition) is 4. The van der Waals surface area contributed by atoms with E-state index in [-0.39, 0.29) is 23.7 Å². The van der Waals surface area contributed by atoms with Gasteiger partial charge >= 0.3 is 0 Å². The molecule has 1 heterocycles. The Labute approximate surface area is 149 Å². The van der Waals surface area contributed by atoms with Crippen molar-refractivity contribution < 1.29 is 18.4 Å². The van der Waals surface area contributed by atoms with Crippen LogP contribution in [0.2, 0.25) is 5.02 Å². The lowest BCUT2D eigenvalue weighted by Crippen LogP contribution is -2.25. The molecular weight excluding hydrogens is 350 g/mol. The number of anilines is 2. The van der Waals surface area contributed by atoms with Gasteiger partial charge < -0.3 is 5.32 Å². The maximum Gasteiger partial charge on any atom is 0.277 e. The molecular formula is C16H15BClF2N3O2. The van der Waals surface area contributed by atoms with E-state index in [9.17, 15) is 13.6 Å². The summed E-state index contributed by atoms with van der Waals surface area (Å²) in [6, 6.07) is 2.82. The molecule has 2 rings (SSSR count). The molecule has 0 aliphatic rings. The van der Waals surface area contributed by atoms with Gasteiger partial charge in [-0.25, -0.2) is 19.2 Å². The third-order valence-corrected chi connectivity index (χ3v) is 3.51. The molecule has 25 heavy (non-hydrogen) atoms. The van der Waals surface area contributed by atoms with Crippen LogP contribution < -0.4 is 16.3 Å². The van der Waals surface area contributed by atoms with E-state index >= 15 is 0 Å². The van der Waals surface area contributed by atoms with Crippen LogP contribution in [0.1, 0.15) is 15.9 Å². The first-order chi connectivity index (χ1) is 11.8. The number of halogens is 3.